The van der Waals surface area contributed by atoms with Gasteiger partial charge in [0.2, 0.25) is 0 Å². The van der Waals surface area contributed by atoms with Crippen molar-refractivity contribution >= 4 is 30.1 Å². The average Bonchev–Trinajstić information content (AvgIpc) is 4.15. The zero-order chi connectivity index (χ0) is 55.4. The second-order valence-electron chi connectivity index (χ2n) is 22.0. The number of aliphatic hydroxyl groups is 2. The number of halogens is 1. The van der Waals surface area contributed by atoms with Crippen LogP contribution in [0.3, 0.4) is 0 Å². The Balaban J connectivity index is 0.000000182. The topological polar surface area (TPSA) is 243 Å². The number of rotatable bonds is 16. The maximum absolute atomic E-state index is 13.8. The highest BCUT2D eigenvalue weighted by atomic mass is 79.9. The summed E-state index contributed by atoms with van der Waals surface area (Å²) in [5, 5.41) is 38.6. The number of nitrogens with zero attached hydrogens (tertiary/aromatic N) is 2. The van der Waals surface area contributed by atoms with E-state index < -0.39 is 29.5 Å². The van der Waals surface area contributed by atoms with E-state index in [-0.39, 0.29) is 40.9 Å². The first kappa shape index (κ1) is 57.3. The molecule has 6 aliphatic heterocycles. The number of carboxylic acid groups (broad SMARTS) is 1. The molecule has 0 spiro atoms. The zero-order valence-corrected chi connectivity index (χ0v) is 46.2. The largest absolute Gasteiger partial charge is 1.00 e. The van der Waals surface area contributed by atoms with Crippen molar-refractivity contribution in [3.8, 4) is 33.8 Å². The lowest BCUT2D eigenvalue weighted by atomic mass is 9.80. The van der Waals surface area contributed by atoms with Gasteiger partial charge in [0.25, 0.3) is 23.6 Å². The van der Waals surface area contributed by atoms with Gasteiger partial charge in [-0.3, -0.25) is 19.2 Å². The average molecular weight is 1150 g/mol. The zero-order valence-electron chi connectivity index (χ0n) is 44.6. The number of fused-ring (bicyclic) bond motifs is 12. The first-order chi connectivity index (χ1) is 38.2. The van der Waals surface area contributed by atoms with Gasteiger partial charge in [-0.05, 0) is 58.4 Å². The minimum absolute atomic E-state index is 0. The summed E-state index contributed by atoms with van der Waals surface area (Å²) in [6.45, 7) is 8.43. The lowest BCUT2D eigenvalue weighted by Gasteiger charge is -2.53. The predicted molar refractivity (Wildman–Crippen MR) is 295 cm³/mol. The Morgan fingerprint density at radius 1 is 0.525 bits per heavy atom. The van der Waals surface area contributed by atoms with E-state index in [1.165, 1.54) is 0 Å². The Morgan fingerprint density at radius 3 is 1.12 bits per heavy atom. The molecule has 0 radical (unpaired) electrons. The lowest BCUT2D eigenvalue weighted by Crippen LogP contribution is -3.00. The number of carbonyl (C=O) groups excluding carboxylic acids is 5. The SMILES string of the molecule is NC(=O)c1ccccc1OCCC[N+]12CCC(CC1)[C@@H](NC(=O)C1(O)c3ccccc3-c3ccccc31)C2.NC(=O)c1ccccc1OCCC[N+]12CCC(CC1)[C@@H](NC(=O)C1(O)c3ccccc3-c3ccccc31)C2.O=C[O-].[Br-]. The number of piperidine rings is 6. The number of primary amides is 2. The molecule has 4 amide bonds. The first-order valence-corrected chi connectivity index (χ1v) is 27.5. The fourth-order valence-corrected chi connectivity index (χ4v) is 13.7. The van der Waals surface area contributed by atoms with E-state index in [1.807, 2.05) is 109 Å². The molecule has 6 heterocycles. The van der Waals surface area contributed by atoms with E-state index in [2.05, 4.69) is 10.6 Å². The van der Waals surface area contributed by atoms with Gasteiger partial charge in [0, 0.05) is 67.3 Å². The summed E-state index contributed by atoms with van der Waals surface area (Å²) in [4.78, 5) is 59.2. The molecule has 17 heteroatoms. The summed E-state index contributed by atoms with van der Waals surface area (Å²) in [7, 11) is 0. The number of amides is 4. The van der Waals surface area contributed by atoms with Crippen LogP contribution in [-0.4, -0.2) is 127 Å². The standard InChI is InChI=1S/2C31H33N3O4.CH2O2.BrH/c2*32-29(35)24-10-3-6-13-28(24)38-19-7-16-34-17-14-21(15-18-34)27(20-34)33-30(36)31(37)25-11-4-1-8-22(25)23-9-2-5-12-26(23)31;2-1-3;/h2*1-6,8-13,21,27,37H,7,14-20H2,(H2-,32,33,35,36);1H,(H,2,3);1H/t2*21?,27-,34?;;/m00../s1. The molecule has 6 aromatic carbocycles. The molecule has 6 fully saturated rings. The number of nitrogens with one attached hydrogen (secondary N) is 2. The summed E-state index contributed by atoms with van der Waals surface area (Å²) < 4.78 is 13.7. The van der Waals surface area contributed by atoms with Gasteiger partial charge in [0.15, 0.2) is 11.2 Å². The summed E-state index contributed by atoms with van der Waals surface area (Å²) in [6.07, 6.45) is 5.90. The van der Waals surface area contributed by atoms with Crippen LogP contribution >= 0.6 is 0 Å². The molecule has 2 atom stereocenters. The van der Waals surface area contributed by atoms with Crippen molar-refractivity contribution in [2.45, 2.75) is 61.8 Å². The molecule has 8 aliphatic rings. The third-order valence-electron chi connectivity index (χ3n) is 17.7. The van der Waals surface area contributed by atoms with Crippen molar-refractivity contribution in [1.82, 2.24) is 10.6 Å². The number of para-hydroxylation sites is 2. The molecule has 8 N–H and O–H groups in total. The van der Waals surface area contributed by atoms with Gasteiger partial charge >= 0.3 is 0 Å². The van der Waals surface area contributed by atoms with Crippen molar-refractivity contribution in [2.24, 2.45) is 23.3 Å². The van der Waals surface area contributed by atoms with Gasteiger partial charge < -0.3 is 77.6 Å². The third-order valence-corrected chi connectivity index (χ3v) is 17.7. The predicted octanol–water partition coefficient (Wildman–Crippen LogP) is 1.76. The van der Waals surface area contributed by atoms with Crippen molar-refractivity contribution in [2.75, 3.05) is 65.6 Å². The molecule has 0 saturated carbocycles. The van der Waals surface area contributed by atoms with E-state index in [0.29, 0.717) is 69.9 Å². The summed E-state index contributed by atoms with van der Waals surface area (Å²) in [6, 6.07) is 44.7. The highest BCUT2D eigenvalue weighted by molar-refractivity contribution is 6.00. The van der Waals surface area contributed by atoms with Gasteiger partial charge in [-0.1, -0.05) is 121 Å². The smallest absolute Gasteiger partial charge is 0.261 e. The number of carbonyl (C=O) groups is 5. The van der Waals surface area contributed by atoms with Crippen LogP contribution in [0, 0.1) is 11.8 Å². The minimum atomic E-state index is -1.69. The second kappa shape index (κ2) is 24.1. The molecular weight excluding hydrogens is 1080 g/mol. The Hall–Kier alpha value is -7.41. The maximum atomic E-state index is 13.8. The van der Waals surface area contributed by atoms with E-state index in [1.54, 1.807) is 36.4 Å². The van der Waals surface area contributed by atoms with Crippen molar-refractivity contribution in [3.63, 3.8) is 0 Å². The first-order valence-electron chi connectivity index (χ1n) is 27.5. The highest BCUT2D eigenvalue weighted by Crippen LogP contribution is 2.49. The fraction of sp³-hybridized carbons (Fsp3) is 0.349. The number of quaternary nitrogens is 2. The van der Waals surface area contributed by atoms with Crippen LogP contribution in [0.25, 0.3) is 22.3 Å². The molecule has 0 unspecified atom stereocenters. The fourth-order valence-electron chi connectivity index (χ4n) is 13.7. The van der Waals surface area contributed by atoms with Crippen LogP contribution in [0.2, 0.25) is 0 Å². The number of hydrogen-bond acceptors (Lipinski definition) is 10. The molecule has 2 aliphatic carbocycles. The second-order valence-corrected chi connectivity index (χ2v) is 22.0. The summed E-state index contributed by atoms with van der Waals surface area (Å²) in [5.74, 6) is 0.236. The van der Waals surface area contributed by atoms with Crippen molar-refractivity contribution in [1.29, 1.82) is 0 Å². The van der Waals surface area contributed by atoms with Crippen LogP contribution in [-0.2, 0) is 25.6 Å². The van der Waals surface area contributed by atoms with Crippen LogP contribution in [0.5, 0.6) is 11.5 Å². The summed E-state index contributed by atoms with van der Waals surface area (Å²) >= 11 is 0. The van der Waals surface area contributed by atoms with Gasteiger partial charge in [-0.15, -0.1) is 0 Å². The quantitative estimate of drug-likeness (QED) is 0.0466. The number of ether oxygens (including phenoxy) is 2. The lowest BCUT2D eigenvalue weighted by molar-refractivity contribution is -0.944. The Bertz CT molecular complexity index is 2940. The van der Waals surface area contributed by atoms with E-state index >= 15 is 0 Å². The molecular formula is C63H69BrN6O10. The van der Waals surface area contributed by atoms with Gasteiger partial charge in [0.1, 0.15) is 11.5 Å². The van der Waals surface area contributed by atoms with E-state index in [9.17, 15) is 29.4 Å². The van der Waals surface area contributed by atoms with Gasteiger partial charge in [-0.25, -0.2) is 0 Å². The molecule has 4 bridgehead atoms. The van der Waals surface area contributed by atoms with Crippen molar-refractivity contribution in [3.05, 3.63) is 179 Å². The van der Waals surface area contributed by atoms with Crippen molar-refractivity contribution < 1.29 is 74.7 Å². The van der Waals surface area contributed by atoms with Crippen LogP contribution in [0.4, 0.5) is 0 Å². The summed E-state index contributed by atoms with van der Waals surface area (Å²) in [5.41, 5.74) is 14.6. The van der Waals surface area contributed by atoms with Gasteiger partial charge in [-0.2, -0.15) is 0 Å². The van der Waals surface area contributed by atoms with Gasteiger partial charge in [0.05, 0.1) is 88.8 Å². The molecule has 6 aromatic rings. The maximum Gasteiger partial charge on any atom is 0.261 e. The Labute approximate surface area is 476 Å². The monoisotopic (exact) mass is 1150 g/mol. The van der Waals surface area contributed by atoms with Crippen LogP contribution in [0.1, 0.15) is 81.5 Å². The van der Waals surface area contributed by atoms with Crippen LogP contribution in [0.15, 0.2) is 146 Å². The Morgan fingerprint density at radius 2 is 0.812 bits per heavy atom. The highest BCUT2D eigenvalue weighted by Gasteiger charge is 2.53. The molecule has 14 rings (SSSR count). The van der Waals surface area contributed by atoms with E-state index in [0.717, 1.165) is 122 Å². The molecule has 0 aromatic heterocycles. The molecule has 6 saturated heterocycles. The number of nitrogens with two attached hydrogens (primary N) is 2. The third kappa shape index (κ3) is 11.0. The molecule has 80 heavy (non-hydrogen) atoms. The molecule has 418 valence electrons. The minimum Gasteiger partial charge on any atom is -1.00 e. The Kier molecular flexibility index (Phi) is 17.3. The molecule has 16 nitrogen and oxygen atoms in total. The number of benzene rings is 6. The van der Waals surface area contributed by atoms with Crippen LogP contribution < -0.4 is 53.7 Å². The number of hydrogen-bond donors (Lipinski definition) is 6. The normalized spacial score (nSPS) is 23.3. The van der Waals surface area contributed by atoms with E-state index in [4.69, 9.17) is 30.8 Å².